The summed E-state index contributed by atoms with van der Waals surface area (Å²) in [6.45, 7) is 1.82. The molecule has 0 spiro atoms. The van der Waals surface area contributed by atoms with E-state index < -0.39 is 29.6 Å². The number of aryl methyl sites for hydroxylation is 2. The molecule has 1 aliphatic rings. The van der Waals surface area contributed by atoms with Gasteiger partial charge in [-0.3, -0.25) is 23.6 Å². The van der Waals surface area contributed by atoms with Crippen LogP contribution in [0.5, 0.6) is 0 Å². The first kappa shape index (κ1) is 23.5. The predicted octanol–water partition coefficient (Wildman–Crippen LogP) is 2.45. The van der Waals surface area contributed by atoms with Gasteiger partial charge in [-0.1, -0.05) is 6.92 Å². The summed E-state index contributed by atoms with van der Waals surface area (Å²) in [6.07, 6.45) is 1.81. The van der Waals surface area contributed by atoms with E-state index in [1.807, 2.05) is 0 Å². The highest BCUT2D eigenvalue weighted by molar-refractivity contribution is 6.02. The second-order valence-electron chi connectivity index (χ2n) is 8.53. The number of halogens is 3. The number of rotatable bonds is 8. The molecule has 3 heterocycles. The molecule has 1 saturated carbocycles. The molecule has 182 valence electrons. The first-order valence-electron chi connectivity index (χ1n) is 10.8. The van der Waals surface area contributed by atoms with Crippen LogP contribution in [-0.2, 0) is 38.2 Å². The van der Waals surface area contributed by atoms with Crippen LogP contribution in [0.3, 0.4) is 0 Å². The van der Waals surface area contributed by atoms with Crippen molar-refractivity contribution in [1.82, 2.24) is 34.7 Å². The maximum atomic E-state index is 13.1. The zero-order chi connectivity index (χ0) is 24.6. The van der Waals surface area contributed by atoms with Crippen LogP contribution in [0.4, 0.5) is 18.9 Å². The Morgan fingerprint density at radius 2 is 1.94 bits per heavy atom. The number of carbonyl (C=O) groups excluding carboxylic acids is 2. The number of anilines is 1. The van der Waals surface area contributed by atoms with E-state index >= 15 is 0 Å². The summed E-state index contributed by atoms with van der Waals surface area (Å²) >= 11 is 0. The number of hydrogen-bond donors (Lipinski definition) is 2. The van der Waals surface area contributed by atoms with Crippen LogP contribution in [0.2, 0.25) is 0 Å². The summed E-state index contributed by atoms with van der Waals surface area (Å²) in [4.78, 5) is 25.6. The molecular weight excluding hydrogens is 453 g/mol. The normalized spacial score (nSPS) is 14.8. The van der Waals surface area contributed by atoms with Crippen molar-refractivity contribution in [3.05, 3.63) is 47.3 Å². The van der Waals surface area contributed by atoms with Gasteiger partial charge in [0.05, 0.1) is 30.5 Å². The van der Waals surface area contributed by atoms with Gasteiger partial charge in [-0.2, -0.15) is 28.5 Å². The van der Waals surface area contributed by atoms with E-state index in [9.17, 15) is 22.8 Å². The van der Waals surface area contributed by atoms with Gasteiger partial charge in [0.1, 0.15) is 5.69 Å². The Hall–Kier alpha value is -3.64. The number of hydrogen-bond acceptors (Lipinski definition) is 5. The highest BCUT2D eigenvalue weighted by Gasteiger charge is 2.38. The molecule has 1 atom stereocenters. The van der Waals surface area contributed by atoms with Gasteiger partial charge in [-0.25, -0.2) is 0 Å². The van der Waals surface area contributed by atoms with Gasteiger partial charge in [0.15, 0.2) is 5.69 Å². The summed E-state index contributed by atoms with van der Waals surface area (Å²) < 4.78 is 43.6. The number of carbonyl (C=O) groups is 2. The number of aromatic nitrogens is 6. The van der Waals surface area contributed by atoms with Gasteiger partial charge in [-0.05, 0) is 18.9 Å². The fourth-order valence-corrected chi connectivity index (χ4v) is 3.65. The number of alkyl halides is 3. The predicted molar refractivity (Wildman–Crippen MR) is 115 cm³/mol. The van der Waals surface area contributed by atoms with Crippen molar-refractivity contribution in [2.75, 3.05) is 5.32 Å². The molecular formula is C21H25F3N8O2. The van der Waals surface area contributed by atoms with Crippen molar-refractivity contribution in [2.45, 2.75) is 44.9 Å². The minimum Gasteiger partial charge on any atom is -0.346 e. The van der Waals surface area contributed by atoms with Crippen LogP contribution in [0.1, 0.15) is 53.1 Å². The van der Waals surface area contributed by atoms with Crippen LogP contribution in [0.25, 0.3) is 0 Å². The molecule has 2 N–H and O–H groups in total. The standard InChI is InChI=1S/C21H25F3N8O2/c1-12(10-32-16(14-4-5-14)6-17(29-32)21(22,23)24)19(33)28-15-9-27-31(3)18(15)20(34)25-7-13-8-26-30(2)11-13/h6,8-9,11-12,14H,4-5,7,10H2,1-3H3,(H,25,34)(H,28,33). The molecule has 1 fully saturated rings. The Kier molecular flexibility index (Phi) is 6.19. The second kappa shape index (κ2) is 8.95. The van der Waals surface area contributed by atoms with Crippen LogP contribution in [0.15, 0.2) is 24.7 Å². The second-order valence-corrected chi connectivity index (χ2v) is 8.53. The third-order valence-corrected chi connectivity index (χ3v) is 5.61. The SMILES string of the molecule is CC(Cn1nc(C(F)(F)F)cc1C1CC1)C(=O)Nc1cnn(C)c1C(=O)NCc1cnn(C)c1. The van der Waals surface area contributed by atoms with Crippen molar-refractivity contribution >= 4 is 17.5 Å². The van der Waals surface area contributed by atoms with E-state index in [4.69, 9.17) is 0 Å². The molecule has 0 aromatic carbocycles. The maximum absolute atomic E-state index is 13.1. The van der Waals surface area contributed by atoms with E-state index in [0.717, 1.165) is 24.5 Å². The molecule has 34 heavy (non-hydrogen) atoms. The van der Waals surface area contributed by atoms with Crippen molar-refractivity contribution in [3.63, 3.8) is 0 Å². The van der Waals surface area contributed by atoms with Crippen molar-refractivity contribution in [2.24, 2.45) is 20.0 Å². The highest BCUT2D eigenvalue weighted by atomic mass is 19.4. The summed E-state index contributed by atoms with van der Waals surface area (Å²) in [6, 6.07) is 1.06. The molecule has 0 radical (unpaired) electrons. The first-order valence-corrected chi connectivity index (χ1v) is 10.8. The molecule has 0 aliphatic heterocycles. The Morgan fingerprint density at radius 3 is 2.56 bits per heavy atom. The number of nitrogens with one attached hydrogen (secondary N) is 2. The summed E-state index contributed by atoms with van der Waals surface area (Å²) in [5, 5.41) is 17.2. The lowest BCUT2D eigenvalue weighted by Gasteiger charge is -2.15. The van der Waals surface area contributed by atoms with Crippen LogP contribution < -0.4 is 10.6 Å². The smallest absolute Gasteiger partial charge is 0.346 e. The lowest BCUT2D eigenvalue weighted by molar-refractivity contribution is -0.141. The van der Waals surface area contributed by atoms with Gasteiger partial charge in [0.2, 0.25) is 5.91 Å². The quantitative estimate of drug-likeness (QED) is 0.517. The molecule has 3 aromatic rings. The molecule has 1 unspecified atom stereocenters. The molecule has 0 saturated heterocycles. The van der Waals surface area contributed by atoms with E-state index in [1.54, 1.807) is 38.1 Å². The lowest BCUT2D eigenvalue weighted by atomic mass is 10.1. The van der Waals surface area contributed by atoms with Gasteiger partial charge < -0.3 is 10.6 Å². The van der Waals surface area contributed by atoms with Gasteiger partial charge >= 0.3 is 6.18 Å². The first-order chi connectivity index (χ1) is 16.0. The molecule has 1 aliphatic carbocycles. The van der Waals surface area contributed by atoms with Gasteiger partial charge in [-0.15, -0.1) is 0 Å². The van der Waals surface area contributed by atoms with Gasteiger partial charge in [0, 0.05) is 44.0 Å². The fourth-order valence-electron chi connectivity index (χ4n) is 3.65. The topological polar surface area (TPSA) is 112 Å². The van der Waals surface area contributed by atoms with E-state index in [1.165, 1.54) is 15.6 Å². The summed E-state index contributed by atoms with van der Waals surface area (Å²) in [5.74, 6) is -1.57. The van der Waals surface area contributed by atoms with Gasteiger partial charge in [0.25, 0.3) is 5.91 Å². The minimum absolute atomic E-state index is 0.0173. The number of amides is 2. The minimum atomic E-state index is -4.55. The van der Waals surface area contributed by atoms with E-state index in [-0.39, 0.29) is 30.4 Å². The Balaban J connectivity index is 1.43. The Labute approximate surface area is 193 Å². The molecule has 4 rings (SSSR count). The van der Waals surface area contributed by atoms with Crippen molar-refractivity contribution in [1.29, 1.82) is 0 Å². The molecule has 3 aromatic heterocycles. The van der Waals surface area contributed by atoms with Crippen molar-refractivity contribution < 1.29 is 22.8 Å². The monoisotopic (exact) mass is 478 g/mol. The third kappa shape index (κ3) is 5.13. The summed E-state index contributed by atoms with van der Waals surface area (Å²) in [7, 11) is 3.34. The highest BCUT2D eigenvalue weighted by Crippen LogP contribution is 2.42. The number of nitrogens with zero attached hydrogens (tertiary/aromatic N) is 6. The zero-order valence-electron chi connectivity index (χ0n) is 18.9. The van der Waals surface area contributed by atoms with E-state index in [2.05, 4.69) is 25.9 Å². The third-order valence-electron chi connectivity index (χ3n) is 5.61. The molecule has 10 nitrogen and oxygen atoms in total. The maximum Gasteiger partial charge on any atom is 0.435 e. The summed E-state index contributed by atoms with van der Waals surface area (Å²) in [5.41, 5.74) is 0.704. The molecule has 13 heteroatoms. The molecule has 2 amide bonds. The lowest BCUT2D eigenvalue weighted by Crippen LogP contribution is -2.29. The fraction of sp³-hybridized carbons (Fsp3) is 0.476. The largest absolute Gasteiger partial charge is 0.435 e. The Morgan fingerprint density at radius 1 is 1.21 bits per heavy atom. The Bertz CT molecular complexity index is 1210. The van der Waals surface area contributed by atoms with E-state index in [0.29, 0.717) is 5.69 Å². The zero-order valence-corrected chi connectivity index (χ0v) is 18.9. The van der Waals surface area contributed by atoms with Crippen LogP contribution in [-0.4, -0.2) is 41.2 Å². The van der Waals surface area contributed by atoms with Crippen molar-refractivity contribution in [3.8, 4) is 0 Å². The molecule has 0 bridgehead atoms. The average molecular weight is 478 g/mol. The van der Waals surface area contributed by atoms with Crippen LogP contribution >= 0.6 is 0 Å². The average Bonchev–Trinajstić information content (AvgIpc) is 3.20. The van der Waals surface area contributed by atoms with Crippen LogP contribution in [0, 0.1) is 5.92 Å².